The number of benzene rings is 3. The molecule has 0 aliphatic rings. The van der Waals surface area contributed by atoms with Crippen molar-refractivity contribution >= 4 is 28.0 Å². The second kappa shape index (κ2) is 10.2. The van der Waals surface area contributed by atoms with Crippen LogP contribution in [-0.2, 0) is 6.61 Å². The van der Waals surface area contributed by atoms with Gasteiger partial charge in [0, 0.05) is 11.1 Å². The first-order valence-corrected chi connectivity index (χ1v) is 10.0. The lowest BCUT2D eigenvalue weighted by atomic mass is 10.0. The molecule has 0 amide bonds. The number of hydrogen-bond donors (Lipinski definition) is 1. The van der Waals surface area contributed by atoms with Crippen molar-refractivity contribution in [2.24, 2.45) is 0 Å². The Bertz CT molecular complexity index is 1050. The highest BCUT2D eigenvalue weighted by atomic mass is 79.9. The van der Waals surface area contributed by atoms with E-state index in [2.05, 4.69) is 15.9 Å². The fourth-order valence-electron chi connectivity index (χ4n) is 2.89. The maximum atomic E-state index is 15.1. The summed E-state index contributed by atoms with van der Waals surface area (Å²) in [4.78, 5) is 12.9. The molecule has 30 heavy (non-hydrogen) atoms. The lowest BCUT2D eigenvalue weighted by molar-refractivity contribution is 0.0728. The van der Waals surface area contributed by atoms with Crippen molar-refractivity contribution < 1.29 is 23.8 Å². The fraction of sp³-hybridized carbons (Fsp3) is 0.125. The molecule has 0 atom stereocenters. The van der Waals surface area contributed by atoms with Gasteiger partial charge in [0.15, 0.2) is 0 Å². The van der Waals surface area contributed by atoms with Crippen LogP contribution in [-0.4, -0.2) is 17.7 Å². The molecule has 0 unspecified atom stereocenters. The highest BCUT2D eigenvalue weighted by molar-refractivity contribution is 9.10. The molecule has 0 spiro atoms. The second-order valence-electron chi connectivity index (χ2n) is 6.43. The van der Waals surface area contributed by atoms with E-state index in [1.54, 1.807) is 30.3 Å². The van der Waals surface area contributed by atoms with Gasteiger partial charge >= 0.3 is 5.97 Å². The minimum absolute atomic E-state index is 0.000285. The van der Waals surface area contributed by atoms with E-state index in [0.29, 0.717) is 5.75 Å². The number of carbonyl (C=O) groups excluding carboxylic acids is 1. The van der Waals surface area contributed by atoms with Crippen LogP contribution in [0.1, 0.15) is 27.0 Å². The zero-order chi connectivity index (χ0) is 21.5. The van der Waals surface area contributed by atoms with Crippen molar-refractivity contribution in [2.75, 3.05) is 6.61 Å². The van der Waals surface area contributed by atoms with Crippen molar-refractivity contribution in [1.82, 2.24) is 0 Å². The van der Waals surface area contributed by atoms with E-state index in [1.165, 1.54) is 19.1 Å². The number of carbonyl (C=O) groups is 1. The van der Waals surface area contributed by atoms with Crippen LogP contribution in [0.15, 0.2) is 71.2 Å². The predicted molar refractivity (Wildman–Crippen MR) is 117 cm³/mol. The van der Waals surface area contributed by atoms with Gasteiger partial charge in [-0.15, -0.1) is 0 Å². The zero-order valence-corrected chi connectivity index (χ0v) is 17.9. The summed E-state index contributed by atoms with van der Waals surface area (Å²) in [5.41, 5.74) is 1.17. The Morgan fingerprint density at radius 3 is 2.37 bits per heavy atom. The molecule has 0 radical (unpaired) electrons. The first-order valence-electron chi connectivity index (χ1n) is 9.25. The van der Waals surface area contributed by atoms with Crippen molar-refractivity contribution in [2.45, 2.75) is 13.5 Å². The normalized spacial score (nSPS) is 10.9. The molecule has 0 aliphatic carbocycles. The quantitative estimate of drug-likeness (QED) is 0.355. The Labute approximate surface area is 182 Å². The number of ether oxygens (including phenoxy) is 2. The predicted octanol–water partition coefficient (Wildman–Crippen LogP) is 5.70. The Morgan fingerprint density at radius 1 is 1.10 bits per heavy atom. The Kier molecular flexibility index (Phi) is 7.38. The van der Waals surface area contributed by atoms with Gasteiger partial charge in [0.1, 0.15) is 29.5 Å². The van der Waals surface area contributed by atoms with E-state index in [9.17, 15) is 4.79 Å². The number of halogens is 2. The summed E-state index contributed by atoms with van der Waals surface area (Å²) in [5, 5.41) is 9.08. The Hall–Kier alpha value is -2.96. The lowest BCUT2D eigenvalue weighted by Crippen LogP contribution is -2.15. The molecule has 0 aliphatic heterocycles. The maximum absolute atomic E-state index is 15.1. The van der Waals surface area contributed by atoms with Crippen molar-refractivity contribution in [3.63, 3.8) is 0 Å². The van der Waals surface area contributed by atoms with Gasteiger partial charge in [0.25, 0.3) is 0 Å². The summed E-state index contributed by atoms with van der Waals surface area (Å²) in [7, 11) is 0. The van der Waals surface area contributed by atoms with Crippen LogP contribution >= 0.6 is 15.9 Å². The van der Waals surface area contributed by atoms with Gasteiger partial charge in [-0.25, -0.2) is 9.18 Å². The third-order valence-corrected chi connectivity index (χ3v) is 5.16. The third kappa shape index (κ3) is 4.96. The van der Waals surface area contributed by atoms with Gasteiger partial charge in [-0.2, -0.15) is 0 Å². The number of hydrogen-bond acceptors (Lipinski definition) is 4. The molecule has 1 N–H and O–H groups in total. The van der Waals surface area contributed by atoms with Crippen LogP contribution in [0.3, 0.4) is 0 Å². The van der Waals surface area contributed by atoms with E-state index in [-0.39, 0.29) is 40.1 Å². The number of aliphatic hydroxyl groups is 1. The summed E-state index contributed by atoms with van der Waals surface area (Å²) in [5.74, 6) is -0.800. The first kappa shape index (κ1) is 21.7. The van der Waals surface area contributed by atoms with Crippen LogP contribution in [0.2, 0.25) is 0 Å². The molecule has 4 nitrogen and oxygen atoms in total. The molecule has 0 saturated heterocycles. The summed E-state index contributed by atoms with van der Waals surface area (Å²) in [6.45, 7) is 1.43. The SMILES string of the molecule is Cc1c(F)c(C=CCO)c(Br)c(OCc2ccccc2)c1C(=O)Oc1ccccc1. The van der Waals surface area contributed by atoms with Gasteiger partial charge < -0.3 is 14.6 Å². The number of rotatable bonds is 7. The Balaban J connectivity index is 2.06. The fourth-order valence-corrected chi connectivity index (χ4v) is 3.50. The van der Waals surface area contributed by atoms with E-state index >= 15 is 4.39 Å². The van der Waals surface area contributed by atoms with E-state index in [4.69, 9.17) is 14.6 Å². The molecule has 0 heterocycles. The summed E-state index contributed by atoms with van der Waals surface area (Å²) in [6.07, 6.45) is 2.85. The van der Waals surface area contributed by atoms with Gasteiger partial charge in [0.2, 0.25) is 0 Å². The topological polar surface area (TPSA) is 55.8 Å². The molecule has 0 saturated carbocycles. The average Bonchev–Trinajstić information content (AvgIpc) is 2.76. The second-order valence-corrected chi connectivity index (χ2v) is 7.23. The smallest absolute Gasteiger partial charge is 0.347 e. The third-order valence-electron chi connectivity index (χ3n) is 4.38. The minimum atomic E-state index is -0.723. The monoisotopic (exact) mass is 470 g/mol. The van der Waals surface area contributed by atoms with Crippen LogP contribution in [0.5, 0.6) is 11.5 Å². The van der Waals surface area contributed by atoms with Crippen LogP contribution in [0.25, 0.3) is 6.08 Å². The number of esters is 1. The van der Waals surface area contributed by atoms with E-state index < -0.39 is 11.8 Å². The number of para-hydroxylation sites is 1. The van der Waals surface area contributed by atoms with Gasteiger partial charge in [-0.3, -0.25) is 0 Å². The van der Waals surface area contributed by atoms with Crippen LogP contribution in [0, 0.1) is 12.7 Å². The van der Waals surface area contributed by atoms with Gasteiger partial charge in [-0.05, 0) is 40.5 Å². The van der Waals surface area contributed by atoms with Crippen molar-refractivity contribution in [1.29, 1.82) is 0 Å². The summed E-state index contributed by atoms with van der Waals surface area (Å²) < 4.78 is 26.7. The van der Waals surface area contributed by atoms with E-state index in [0.717, 1.165) is 5.56 Å². The molecule has 3 aromatic rings. The lowest BCUT2D eigenvalue weighted by Gasteiger charge is -2.18. The molecule has 6 heteroatoms. The number of aliphatic hydroxyl groups excluding tert-OH is 1. The molecule has 0 aromatic heterocycles. The first-order chi connectivity index (χ1) is 14.5. The minimum Gasteiger partial charge on any atom is -0.487 e. The molecule has 3 rings (SSSR count). The molecular weight excluding hydrogens is 451 g/mol. The molecular formula is C24H20BrFO4. The summed E-state index contributed by atoms with van der Waals surface area (Å²) in [6, 6.07) is 18.0. The average molecular weight is 471 g/mol. The van der Waals surface area contributed by atoms with Crippen LogP contribution in [0.4, 0.5) is 4.39 Å². The van der Waals surface area contributed by atoms with Crippen molar-refractivity contribution in [3.8, 4) is 11.5 Å². The molecule has 154 valence electrons. The van der Waals surface area contributed by atoms with Gasteiger partial charge in [0.05, 0.1) is 11.1 Å². The van der Waals surface area contributed by atoms with Crippen LogP contribution < -0.4 is 9.47 Å². The Morgan fingerprint density at radius 2 is 1.73 bits per heavy atom. The maximum Gasteiger partial charge on any atom is 0.347 e. The standard InChI is InChI=1S/C24H20BrFO4/c1-16-20(24(28)30-18-11-6-3-7-12-18)23(29-15-17-9-4-2-5-10-17)21(25)19(22(16)26)13-8-14-27/h2-13,27H,14-15H2,1H3. The highest BCUT2D eigenvalue weighted by Gasteiger charge is 2.27. The summed E-state index contributed by atoms with van der Waals surface area (Å²) >= 11 is 3.37. The van der Waals surface area contributed by atoms with E-state index in [1.807, 2.05) is 30.3 Å². The van der Waals surface area contributed by atoms with Gasteiger partial charge in [-0.1, -0.05) is 60.7 Å². The van der Waals surface area contributed by atoms with Crippen molar-refractivity contribution in [3.05, 3.63) is 99.3 Å². The molecule has 0 bridgehead atoms. The molecule has 3 aromatic carbocycles. The zero-order valence-electron chi connectivity index (χ0n) is 16.3. The highest BCUT2D eigenvalue weighted by Crippen LogP contribution is 2.39. The largest absolute Gasteiger partial charge is 0.487 e. The molecule has 0 fully saturated rings.